The zero-order valence-electron chi connectivity index (χ0n) is 14.1. The van der Waals surface area contributed by atoms with Crippen LogP contribution in [0.5, 0.6) is 0 Å². The third-order valence-corrected chi connectivity index (χ3v) is 4.70. The van der Waals surface area contributed by atoms with Gasteiger partial charge in [0.15, 0.2) is 0 Å². The number of benzene rings is 3. The van der Waals surface area contributed by atoms with Crippen LogP contribution in [0, 0.1) is 0 Å². The molecule has 1 aliphatic rings. The summed E-state index contributed by atoms with van der Waals surface area (Å²) in [4.78, 5) is 25.8. The molecule has 6 heteroatoms. The van der Waals surface area contributed by atoms with Crippen LogP contribution in [0.25, 0.3) is 0 Å². The molecule has 0 radical (unpaired) electrons. The van der Waals surface area contributed by atoms with Crippen molar-refractivity contribution in [3.8, 4) is 0 Å². The highest BCUT2D eigenvalue weighted by Crippen LogP contribution is 2.31. The first-order valence-corrected chi connectivity index (χ1v) is 8.70. The highest BCUT2D eigenvalue weighted by atomic mass is 35.5. The number of halogens is 1. The molecule has 0 saturated carbocycles. The lowest BCUT2D eigenvalue weighted by atomic mass is 10.1. The summed E-state index contributed by atoms with van der Waals surface area (Å²) in [6.07, 6.45) is 0. The Hall–Kier alpha value is -3.31. The zero-order chi connectivity index (χ0) is 19.0. The van der Waals surface area contributed by atoms with Crippen LogP contribution in [0.15, 0.2) is 66.7 Å². The van der Waals surface area contributed by atoms with Crippen molar-refractivity contribution < 1.29 is 14.7 Å². The van der Waals surface area contributed by atoms with E-state index in [0.29, 0.717) is 28.5 Å². The molecule has 4 rings (SSSR count). The second-order valence-electron chi connectivity index (χ2n) is 6.22. The minimum absolute atomic E-state index is 0.0412. The summed E-state index contributed by atoms with van der Waals surface area (Å²) in [6.45, 7) is 0.472. The maximum absolute atomic E-state index is 12.7. The molecule has 1 aliphatic heterocycles. The molecule has 5 nitrogen and oxygen atoms in total. The van der Waals surface area contributed by atoms with Crippen molar-refractivity contribution in [1.29, 1.82) is 0 Å². The van der Waals surface area contributed by atoms with E-state index in [0.717, 1.165) is 11.3 Å². The second-order valence-corrected chi connectivity index (χ2v) is 6.66. The number of carboxylic acid groups (broad SMARTS) is 1. The summed E-state index contributed by atoms with van der Waals surface area (Å²) in [6, 6.07) is 19.6. The third kappa shape index (κ3) is 3.25. The minimum atomic E-state index is -1.06. The number of hydrogen-bond donors (Lipinski definition) is 2. The SMILES string of the molecule is O=C(O)c1cc(Cl)ccc1Nc1ccc2c(c1)CN(c1ccccc1)C2=O. The van der Waals surface area contributed by atoms with Crippen LogP contribution >= 0.6 is 11.6 Å². The predicted octanol–water partition coefficient (Wildman–Crippen LogP) is 4.94. The van der Waals surface area contributed by atoms with Gasteiger partial charge in [0.05, 0.1) is 17.8 Å². The van der Waals surface area contributed by atoms with Crippen molar-refractivity contribution in [2.45, 2.75) is 6.54 Å². The molecule has 0 fully saturated rings. The minimum Gasteiger partial charge on any atom is -0.478 e. The van der Waals surface area contributed by atoms with E-state index < -0.39 is 5.97 Å². The van der Waals surface area contributed by atoms with Gasteiger partial charge in [-0.2, -0.15) is 0 Å². The molecule has 0 unspecified atom stereocenters. The third-order valence-electron chi connectivity index (χ3n) is 4.47. The van der Waals surface area contributed by atoms with Crippen molar-refractivity contribution in [2.75, 3.05) is 10.2 Å². The number of nitrogens with one attached hydrogen (secondary N) is 1. The summed E-state index contributed by atoms with van der Waals surface area (Å²) in [5.74, 6) is -1.10. The number of fused-ring (bicyclic) bond motifs is 1. The first-order chi connectivity index (χ1) is 13.0. The number of carbonyl (C=O) groups excluding carboxylic acids is 1. The predicted molar refractivity (Wildman–Crippen MR) is 105 cm³/mol. The highest BCUT2D eigenvalue weighted by Gasteiger charge is 2.28. The zero-order valence-corrected chi connectivity index (χ0v) is 14.9. The molecule has 0 spiro atoms. The van der Waals surface area contributed by atoms with Crippen molar-refractivity contribution in [2.24, 2.45) is 0 Å². The standard InChI is InChI=1S/C21H15ClN2O3/c22-14-6-9-19(18(11-14)21(26)27)23-15-7-8-17-13(10-15)12-24(20(17)25)16-4-2-1-3-5-16/h1-11,23H,12H2,(H,26,27). The van der Waals surface area contributed by atoms with Crippen LogP contribution in [0.3, 0.4) is 0 Å². The van der Waals surface area contributed by atoms with E-state index in [1.807, 2.05) is 36.4 Å². The van der Waals surface area contributed by atoms with Crippen LogP contribution < -0.4 is 10.2 Å². The largest absolute Gasteiger partial charge is 0.478 e. The van der Waals surface area contributed by atoms with Gasteiger partial charge in [-0.1, -0.05) is 29.8 Å². The van der Waals surface area contributed by atoms with E-state index >= 15 is 0 Å². The van der Waals surface area contributed by atoms with Gasteiger partial charge in [-0.25, -0.2) is 4.79 Å². The van der Waals surface area contributed by atoms with E-state index in [1.165, 1.54) is 6.07 Å². The lowest BCUT2D eigenvalue weighted by Gasteiger charge is -2.15. The molecule has 0 aromatic heterocycles. The molecule has 0 saturated heterocycles. The number of hydrogen-bond acceptors (Lipinski definition) is 3. The number of anilines is 3. The number of rotatable bonds is 4. The molecule has 3 aromatic rings. The Kier molecular flexibility index (Phi) is 4.30. The molecular weight excluding hydrogens is 364 g/mol. The van der Waals surface area contributed by atoms with Crippen molar-refractivity contribution >= 4 is 40.5 Å². The fourth-order valence-electron chi connectivity index (χ4n) is 3.17. The molecular formula is C21H15ClN2O3. The Bertz CT molecular complexity index is 1050. The fraction of sp³-hybridized carbons (Fsp3) is 0.0476. The monoisotopic (exact) mass is 378 g/mol. The summed E-state index contributed by atoms with van der Waals surface area (Å²) in [7, 11) is 0. The molecule has 1 heterocycles. The molecule has 0 bridgehead atoms. The molecule has 0 aliphatic carbocycles. The Morgan fingerprint density at radius 3 is 2.56 bits per heavy atom. The lowest BCUT2D eigenvalue weighted by molar-refractivity contribution is 0.0697. The van der Waals surface area contributed by atoms with Gasteiger partial charge in [0.25, 0.3) is 5.91 Å². The Balaban J connectivity index is 1.63. The molecule has 134 valence electrons. The van der Waals surface area contributed by atoms with Gasteiger partial charge in [-0.05, 0) is 54.1 Å². The van der Waals surface area contributed by atoms with Gasteiger partial charge in [0.1, 0.15) is 0 Å². The Morgan fingerprint density at radius 1 is 1.04 bits per heavy atom. The van der Waals surface area contributed by atoms with Crippen LogP contribution in [0.2, 0.25) is 5.02 Å². The average Bonchev–Trinajstić information content (AvgIpc) is 3.00. The maximum atomic E-state index is 12.7. The smallest absolute Gasteiger partial charge is 0.337 e. The number of carboxylic acids is 1. The maximum Gasteiger partial charge on any atom is 0.337 e. The fourth-order valence-corrected chi connectivity index (χ4v) is 3.34. The van der Waals surface area contributed by atoms with Gasteiger partial charge >= 0.3 is 5.97 Å². The van der Waals surface area contributed by atoms with Crippen LogP contribution in [0.4, 0.5) is 17.1 Å². The number of nitrogens with zero attached hydrogens (tertiary/aromatic N) is 1. The topological polar surface area (TPSA) is 69.6 Å². The van der Waals surface area contributed by atoms with E-state index in [-0.39, 0.29) is 11.5 Å². The summed E-state index contributed by atoms with van der Waals surface area (Å²) < 4.78 is 0. The normalized spacial score (nSPS) is 12.8. The summed E-state index contributed by atoms with van der Waals surface area (Å²) >= 11 is 5.90. The van der Waals surface area contributed by atoms with Crippen molar-refractivity contribution in [3.63, 3.8) is 0 Å². The quantitative estimate of drug-likeness (QED) is 0.674. The Morgan fingerprint density at radius 2 is 1.81 bits per heavy atom. The highest BCUT2D eigenvalue weighted by molar-refractivity contribution is 6.31. The van der Waals surface area contributed by atoms with Crippen LogP contribution in [-0.2, 0) is 6.54 Å². The molecule has 2 N–H and O–H groups in total. The number of para-hydroxylation sites is 1. The van der Waals surface area contributed by atoms with Crippen molar-refractivity contribution in [1.82, 2.24) is 0 Å². The van der Waals surface area contributed by atoms with Crippen molar-refractivity contribution in [3.05, 3.63) is 88.4 Å². The van der Waals surface area contributed by atoms with E-state index in [1.54, 1.807) is 29.2 Å². The number of amides is 1. The van der Waals surface area contributed by atoms with Crippen LogP contribution in [0.1, 0.15) is 26.3 Å². The van der Waals surface area contributed by atoms with Gasteiger partial charge in [0, 0.05) is 22.0 Å². The van der Waals surface area contributed by atoms with Gasteiger partial charge in [0.2, 0.25) is 0 Å². The lowest BCUT2D eigenvalue weighted by Crippen LogP contribution is -2.22. The molecule has 3 aromatic carbocycles. The van der Waals surface area contributed by atoms with Gasteiger partial charge in [-0.3, -0.25) is 4.79 Å². The summed E-state index contributed by atoms with van der Waals surface area (Å²) in [5, 5.41) is 12.8. The van der Waals surface area contributed by atoms with E-state index in [2.05, 4.69) is 5.32 Å². The summed E-state index contributed by atoms with van der Waals surface area (Å²) in [5.41, 5.74) is 3.63. The Labute approximate surface area is 160 Å². The van der Waals surface area contributed by atoms with Gasteiger partial charge < -0.3 is 15.3 Å². The average molecular weight is 379 g/mol. The van der Waals surface area contributed by atoms with Crippen LogP contribution in [-0.4, -0.2) is 17.0 Å². The van der Waals surface area contributed by atoms with Gasteiger partial charge in [-0.15, -0.1) is 0 Å². The second kappa shape index (κ2) is 6.78. The number of carbonyl (C=O) groups is 2. The van der Waals surface area contributed by atoms with E-state index in [4.69, 9.17) is 11.6 Å². The van der Waals surface area contributed by atoms with E-state index in [9.17, 15) is 14.7 Å². The molecule has 1 amide bonds. The first-order valence-electron chi connectivity index (χ1n) is 8.32. The molecule has 27 heavy (non-hydrogen) atoms. The first kappa shape index (κ1) is 17.1. The number of aromatic carboxylic acids is 1. The molecule has 0 atom stereocenters.